The van der Waals surface area contributed by atoms with E-state index >= 15 is 0 Å². The van der Waals surface area contributed by atoms with Gasteiger partial charge in [-0.3, -0.25) is 0 Å². The minimum absolute atomic E-state index is 0.525. The molecular formula is C12H18ClNO3. The molecule has 1 rings (SSSR count). The van der Waals surface area contributed by atoms with Gasteiger partial charge in [-0.05, 0) is 19.4 Å². The first-order chi connectivity index (χ1) is 8.19. The summed E-state index contributed by atoms with van der Waals surface area (Å²) in [5, 5.41) is 0.525. The normalized spacial score (nSPS) is 10.2. The first-order valence-corrected chi connectivity index (χ1v) is 5.74. The molecule has 2 N–H and O–H groups in total. The lowest BCUT2D eigenvalue weighted by Gasteiger charge is -2.16. The van der Waals surface area contributed by atoms with Crippen LogP contribution in [0.25, 0.3) is 0 Å². The number of benzene rings is 1. The molecule has 5 heteroatoms. The molecule has 1 aromatic carbocycles. The van der Waals surface area contributed by atoms with Gasteiger partial charge in [-0.1, -0.05) is 11.6 Å². The number of ether oxygens (including phenoxy) is 3. The Bertz CT molecular complexity index is 383. The van der Waals surface area contributed by atoms with Crippen molar-refractivity contribution in [2.45, 2.75) is 12.8 Å². The maximum absolute atomic E-state index is 6.29. The Morgan fingerprint density at radius 2 is 1.76 bits per heavy atom. The highest BCUT2D eigenvalue weighted by atomic mass is 35.5. The minimum atomic E-state index is 0.525. The maximum atomic E-state index is 6.29. The summed E-state index contributed by atoms with van der Waals surface area (Å²) in [5.74, 6) is 1.79. The van der Waals surface area contributed by atoms with Gasteiger partial charge in [-0.25, -0.2) is 0 Å². The second-order valence-electron chi connectivity index (χ2n) is 3.50. The average Bonchev–Trinajstić information content (AvgIpc) is 2.36. The molecule has 0 aliphatic rings. The molecule has 0 unspecified atom stereocenters. The SMILES string of the molecule is COc1cc(OC)c(OC)c(Cl)c1CCCN. The van der Waals surface area contributed by atoms with Crippen LogP contribution < -0.4 is 19.9 Å². The Morgan fingerprint density at radius 3 is 2.24 bits per heavy atom. The molecule has 96 valence electrons. The lowest BCUT2D eigenvalue weighted by molar-refractivity contribution is 0.347. The van der Waals surface area contributed by atoms with Crippen LogP contribution in [-0.4, -0.2) is 27.9 Å². The fourth-order valence-electron chi connectivity index (χ4n) is 1.66. The van der Waals surface area contributed by atoms with Gasteiger partial charge in [0.1, 0.15) is 5.75 Å². The molecule has 0 aromatic heterocycles. The Balaban J connectivity index is 3.25. The molecular weight excluding hydrogens is 242 g/mol. The van der Waals surface area contributed by atoms with Gasteiger partial charge in [0.15, 0.2) is 11.5 Å². The first-order valence-electron chi connectivity index (χ1n) is 5.37. The van der Waals surface area contributed by atoms with Gasteiger partial charge < -0.3 is 19.9 Å². The molecule has 17 heavy (non-hydrogen) atoms. The van der Waals surface area contributed by atoms with E-state index in [1.54, 1.807) is 27.4 Å². The summed E-state index contributed by atoms with van der Waals surface area (Å²) < 4.78 is 15.8. The quantitative estimate of drug-likeness (QED) is 0.851. The minimum Gasteiger partial charge on any atom is -0.496 e. The highest BCUT2D eigenvalue weighted by Crippen LogP contribution is 2.43. The zero-order valence-corrected chi connectivity index (χ0v) is 11.1. The topological polar surface area (TPSA) is 53.7 Å². The molecule has 0 saturated heterocycles. The third-order valence-corrected chi connectivity index (χ3v) is 2.92. The maximum Gasteiger partial charge on any atom is 0.179 e. The molecule has 0 saturated carbocycles. The van der Waals surface area contributed by atoms with E-state index in [-0.39, 0.29) is 0 Å². The van der Waals surface area contributed by atoms with Crippen molar-refractivity contribution < 1.29 is 14.2 Å². The Kier molecular flexibility index (Phi) is 5.38. The van der Waals surface area contributed by atoms with Crippen LogP contribution in [0.3, 0.4) is 0 Å². The third kappa shape index (κ3) is 2.96. The van der Waals surface area contributed by atoms with Crippen molar-refractivity contribution in [1.29, 1.82) is 0 Å². The number of hydrogen-bond donors (Lipinski definition) is 1. The van der Waals surface area contributed by atoms with Crippen LogP contribution in [0, 0.1) is 0 Å². The zero-order chi connectivity index (χ0) is 12.8. The van der Waals surface area contributed by atoms with E-state index in [2.05, 4.69) is 0 Å². The van der Waals surface area contributed by atoms with Crippen LogP contribution in [0.5, 0.6) is 17.2 Å². The van der Waals surface area contributed by atoms with Crippen LogP contribution >= 0.6 is 11.6 Å². The van der Waals surface area contributed by atoms with E-state index in [9.17, 15) is 0 Å². The largest absolute Gasteiger partial charge is 0.496 e. The molecule has 0 aliphatic carbocycles. The van der Waals surface area contributed by atoms with E-state index in [4.69, 9.17) is 31.5 Å². The van der Waals surface area contributed by atoms with Crippen molar-refractivity contribution in [2.24, 2.45) is 5.73 Å². The monoisotopic (exact) mass is 259 g/mol. The van der Waals surface area contributed by atoms with Crippen LogP contribution in [0.15, 0.2) is 6.07 Å². The van der Waals surface area contributed by atoms with Gasteiger partial charge >= 0.3 is 0 Å². The van der Waals surface area contributed by atoms with E-state index < -0.39 is 0 Å². The number of rotatable bonds is 6. The molecule has 0 amide bonds. The molecule has 0 aliphatic heterocycles. The summed E-state index contributed by atoms with van der Waals surface area (Å²) in [4.78, 5) is 0. The van der Waals surface area contributed by atoms with Crippen LogP contribution in [0.1, 0.15) is 12.0 Å². The lowest BCUT2D eigenvalue weighted by atomic mass is 10.1. The van der Waals surface area contributed by atoms with Gasteiger partial charge in [-0.2, -0.15) is 0 Å². The molecule has 1 aromatic rings. The number of nitrogens with two attached hydrogens (primary N) is 1. The van der Waals surface area contributed by atoms with E-state index in [1.807, 2.05) is 0 Å². The molecule has 0 bridgehead atoms. The fourth-order valence-corrected chi connectivity index (χ4v) is 2.02. The Labute approximate surface area is 107 Å². The second kappa shape index (κ2) is 6.57. The van der Waals surface area contributed by atoms with Crippen molar-refractivity contribution in [3.63, 3.8) is 0 Å². The highest BCUT2D eigenvalue weighted by molar-refractivity contribution is 6.33. The molecule has 0 radical (unpaired) electrons. The van der Waals surface area contributed by atoms with E-state index in [0.717, 1.165) is 18.4 Å². The summed E-state index contributed by atoms with van der Waals surface area (Å²) in [6.45, 7) is 0.605. The number of methoxy groups -OCH3 is 3. The van der Waals surface area contributed by atoms with Crippen molar-refractivity contribution in [3.8, 4) is 17.2 Å². The number of halogens is 1. The van der Waals surface area contributed by atoms with E-state index in [1.165, 1.54) is 0 Å². The number of hydrogen-bond acceptors (Lipinski definition) is 4. The molecule has 0 spiro atoms. The van der Waals surface area contributed by atoms with Crippen LogP contribution in [0.4, 0.5) is 0 Å². The van der Waals surface area contributed by atoms with Crippen molar-refractivity contribution >= 4 is 11.6 Å². The van der Waals surface area contributed by atoms with Gasteiger partial charge in [0.05, 0.1) is 26.4 Å². The summed E-state index contributed by atoms with van der Waals surface area (Å²) in [7, 11) is 4.72. The van der Waals surface area contributed by atoms with Crippen molar-refractivity contribution in [3.05, 3.63) is 16.7 Å². The summed E-state index contributed by atoms with van der Waals surface area (Å²) in [6.07, 6.45) is 1.59. The molecule has 4 nitrogen and oxygen atoms in total. The predicted octanol–water partition coefficient (Wildman–Crippen LogP) is 2.26. The van der Waals surface area contributed by atoms with Crippen LogP contribution in [0.2, 0.25) is 5.02 Å². The first kappa shape index (κ1) is 13.9. The lowest BCUT2D eigenvalue weighted by Crippen LogP contribution is -2.03. The van der Waals surface area contributed by atoms with Crippen LogP contribution in [-0.2, 0) is 6.42 Å². The summed E-state index contributed by atoms with van der Waals surface area (Å²) in [5.41, 5.74) is 6.40. The van der Waals surface area contributed by atoms with Gasteiger partial charge in [0, 0.05) is 11.6 Å². The van der Waals surface area contributed by atoms with Gasteiger partial charge in [-0.15, -0.1) is 0 Å². The Hall–Kier alpha value is -1.13. The van der Waals surface area contributed by atoms with Crippen molar-refractivity contribution in [1.82, 2.24) is 0 Å². The van der Waals surface area contributed by atoms with Gasteiger partial charge in [0.2, 0.25) is 0 Å². The predicted molar refractivity (Wildman–Crippen MR) is 68.5 cm³/mol. The molecule has 0 heterocycles. The summed E-state index contributed by atoms with van der Waals surface area (Å²) >= 11 is 6.29. The summed E-state index contributed by atoms with van der Waals surface area (Å²) in [6, 6.07) is 1.77. The van der Waals surface area contributed by atoms with Crippen molar-refractivity contribution in [2.75, 3.05) is 27.9 Å². The smallest absolute Gasteiger partial charge is 0.179 e. The molecule has 0 atom stereocenters. The standard InChI is InChI=1S/C12H18ClNO3/c1-15-9-7-10(16-2)12(17-3)11(13)8(9)5-4-6-14/h7H,4-6,14H2,1-3H3. The zero-order valence-electron chi connectivity index (χ0n) is 10.4. The molecule has 0 fully saturated rings. The average molecular weight is 260 g/mol. The second-order valence-corrected chi connectivity index (χ2v) is 3.88. The fraction of sp³-hybridized carbons (Fsp3) is 0.500. The highest BCUT2D eigenvalue weighted by Gasteiger charge is 2.18. The van der Waals surface area contributed by atoms with E-state index in [0.29, 0.717) is 28.8 Å². The van der Waals surface area contributed by atoms with Gasteiger partial charge in [0.25, 0.3) is 0 Å². The third-order valence-electron chi connectivity index (χ3n) is 2.52. The Morgan fingerprint density at radius 1 is 1.12 bits per heavy atom.